The average Bonchev–Trinajstić information content (AvgIpc) is 2.49. The van der Waals surface area contributed by atoms with Gasteiger partial charge in [-0.3, -0.25) is 0 Å². The molecule has 0 bridgehead atoms. The van der Waals surface area contributed by atoms with Crippen LogP contribution in [0.2, 0.25) is 0 Å². The van der Waals surface area contributed by atoms with Crippen molar-refractivity contribution in [1.29, 1.82) is 0 Å². The van der Waals surface area contributed by atoms with Gasteiger partial charge in [-0.05, 0) is 31.4 Å². The van der Waals surface area contributed by atoms with Crippen LogP contribution in [0.15, 0.2) is 28.2 Å². The second kappa shape index (κ2) is 10.3. The molecule has 1 heterocycles. The summed E-state index contributed by atoms with van der Waals surface area (Å²) in [5, 5.41) is 0. The summed E-state index contributed by atoms with van der Waals surface area (Å²) in [5.41, 5.74) is 11.4. The largest absolute Gasteiger partial charge is 0.573 e. The second-order valence-electron chi connectivity index (χ2n) is 5.15. The normalized spacial score (nSPS) is 15.8. The van der Waals surface area contributed by atoms with Crippen LogP contribution < -0.4 is 16.2 Å². The summed E-state index contributed by atoms with van der Waals surface area (Å²) in [5.74, 6) is -2.18. The number of hydrogen-bond acceptors (Lipinski definition) is 2. The van der Waals surface area contributed by atoms with Crippen molar-refractivity contribution < 1.29 is 22.3 Å². The number of rotatable bonds is 2. The van der Waals surface area contributed by atoms with Gasteiger partial charge in [0, 0.05) is 19.2 Å². The van der Waals surface area contributed by atoms with Gasteiger partial charge in [-0.1, -0.05) is 0 Å². The van der Waals surface area contributed by atoms with E-state index in [1.54, 1.807) is 0 Å². The van der Waals surface area contributed by atoms with E-state index >= 15 is 0 Å². The first-order valence-corrected chi connectivity index (χ1v) is 7.23. The van der Waals surface area contributed by atoms with Crippen molar-refractivity contribution in [2.75, 3.05) is 13.1 Å². The zero-order valence-electron chi connectivity index (χ0n) is 13.5. The molecule has 1 aromatic carbocycles. The van der Waals surface area contributed by atoms with Crippen LogP contribution in [0, 0.1) is 5.82 Å². The second-order valence-corrected chi connectivity index (χ2v) is 5.15. The van der Waals surface area contributed by atoms with Crippen molar-refractivity contribution in [2.45, 2.75) is 25.6 Å². The van der Waals surface area contributed by atoms with Crippen molar-refractivity contribution >= 4 is 42.4 Å². The third kappa shape index (κ3) is 7.52. The summed E-state index contributed by atoms with van der Waals surface area (Å²) in [6.07, 6.45) is -1.85. The summed E-state index contributed by atoms with van der Waals surface area (Å²) in [6, 6.07) is 2.71. The van der Waals surface area contributed by atoms with Crippen LogP contribution in [-0.4, -0.2) is 36.3 Å². The van der Waals surface area contributed by atoms with Gasteiger partial charge in [-0.25, -0.2) is 9.38 Å². The minimum Gasteiger partial charge on any atom is -0.403 e. The van der Waals surface area contributed by atoms with E-state index in [-0.39, 0.29) is 42.4 Å². The number of aliphatic imine (C=N–C) groups is 2. The maximum absolute atomic E-state index is 13.6. The number of guanidine groups is 2. The van der Waals surface area contributed by atoms with Crippen molar-refractivity contribution in [3.63, 3.8) is 0 Å². The molecule has 4 N–H and O–H groups in total. The van der Waals surface area contributed by atoms with Gasteiger partial charge in [0.1, 0.15) is 0 Å². The first kappa shape index (κ1) is 24.1. The summed E-state index contributed by atoms with van der Waals surface area (Å²) in [4.78, 5) is 9.59. The zero-order valence-corrected chi connectivity index (χ0v) is 15.1. The molecule has 0 aliphatic carbocycles. The molecule has 0 aromatic heterocycles. The van der Waals surface area contributed by atoms with Crippen LogP contribution >= 0.6 is 24.8 Å². The van der Waals surface area contributed by atoms with Gasteiger partial charge in [0.15, 0.2) is 17.5 Å². The Bertz CT molecular complexity index is 649. The fourth-order valence-electron chi connectivity index (χ4n) is 2.24. The van der Waals surface area contributed by atoms with E-state index in [1.807, 2.05) is 4.90 Å². The highest BCUT2D eigenvalue weighted by Gasteiger charge is 2.32. The fourth-order valence-corrected chi connectivity index (χ4v) is 2.24. The molecule has 1 saturated heterocycles. The Morgan fingerprint density at radius 2 is 1.69 bits per heavy atom. The van der Waals surface area contributed by atoms with Crippen LogP contribution in [0.3, 0.4) is 0 Å². The molecule has 0 atom stereocenters. The Hall–Kier alpha value is -1.94. The number of likely N-dealkylation sites (tertiary alicyclic amines) is 1. The maximum atomic E-state index is 13.6. The third-order valence-corrected chi connectivity index (χ3v) is 3.29. The first-order chi connectivity index (χ1) is 11.2. The van der Waals surface area contributed by atoms with Gasteiger partial charge in [-0.2, -0.15) is 4.99 Å². The standard InChI is InChI=1S/C14H17F4N5O.2ClH/c15-10-8-9(4-5-11(10)24-14(16,17)18)21-12(19)22-13(20)23-6-2-1-3-7-23;;/h4-5,8H,1-3,6-7H2,(H4,19,20,21,22);2*1H. The van der Waals surface area contributed by atoms with E-state index in [2.05, 4.69) is 14.7 Å². The Kier molecular flexibility index (Phi) is 9.50. The van der Waals surface area contributed by atoms with Crippen LogP contribution in [0.1, 0.15) is 19.3 Å². The topological polar surface area (TPSA) is 89.2 Å². The summed E-state index contributed by atoms with van der Waals surface area (Å²) in [6.45, 7) is 1.53. The molecule has 0 radical (unpaired) electrons. The van der Waals surface area contributed by atoms with E-state index in [9.17, 15) is 17.6 Å². The van der Waals surface area contributed by atoms with Crippen LogP contribution in [-0.2, 0) is 0 Å². The number of hydrogen-bond donors (Lipinski definition) is 2. The van der Waals surface area contributed by atoms with E-state index in [4.69, 9.17) is 11.5 Å². The molecule has 0 unspecified atom stereocenters. The van der Waals surface area contributed by atoms with Crippen LogP contribution in [0.4, 0.5) is 23.2 Å². The average molecular weight is 420 g/mol. The summed E-state index contributed by atoms with van der Waals surface area (Å²) >= 11 is 0. The highest BCUT2D eigenvalue weighted by Crippen LogP contribution is 2.28. The van der Waals surface area contributed by atoms with Gasteiger partial charge in [0.25, 0.3) is 0 Å². The highest BCUT2D eigenvalue weighted by molar-refractivity contribution is 5.94. The predicted molar refractivity (Wildman–Crippen MR) is 95.9 cm³/mol. The maximum Gasteiger partial charge on any atom is 0.573 e. The van der Waals surface area contributed by atoms with E-state index < -0.39 is 17.9 Å². The van der Waals surface area contributed by atoms with Gasteiger partial charge in [0.05, 0.1) is 5.69 Å². The molecule has 0 spiro atoms. The number of nitrogens with zero attached hydrogens (tertiary/aromatic N) is 3. The molecule has 1 aliphatic heterocycles. The molecule has 148 valence electrons. The van der Waals surface area contributed by atoms with Crippen LogP contribution in [0.25, 0.3) is 0 Å². The van der Waals surface area contributed by atoms with Gasteiger partial charge < -0.3 is 21.1 Å². The molecule has 6 nitrogen and oxygen atoms in total. The number of benzene rings is 1. The highest BCUT2D eigenvalue weighted by atomic mass is 35.5. The van der Waals surface area contributed by atoms with E-state index in [0.717, 1.165) is 50.6 Å². The third-order valence-electron chi connectivity index (χ3n) is 3.29. The van der Waals surface area contributed by atoms with Gasteiger partial charge >= 0.3 is 6.36 Å². The molecule has 1 aliphatic rings. The SMILES string of the molecule is Cl.Cl.NC(=Nc1ccc(OC(F)(F)F)c(F)c1)/N=C(/N)N1CCCCC1. The van der Waals surface area contributed by atoms with Crippen molar-refractivity contribution in [1.82, 2.24) is 4.90 Å². The molecule has 1 aromatic rings. The molecule has 0 saturated carbocycles. The quantitative estimate of drug-likeness (QED) is 0.437. The Morgan fingerprint density at radius 3 is 2.23 bits per heavy atom. The Labute approximate surface area is 160 Å². The lowest BCUT2D eigenvalue weighted by molar-refractivity contribution is -0.275. The molecule has 2 rings (SSSR count). The molecule has 12 heteroatoms. The minimum atomic E-state index is -4.97. The molecular weight excluding hydrogens is 401 g/mol. The van der Waals surface area contributed by atoms with Gasteiger partial charge in [0.2, 0.25) is 5.96 Å². The fraction of sp³-hybridized carbons (Fsp3) is 0.429. The smallest absolute Gasteiger partial charge is 0.403 e. The Morgan fingerprint density at radius 1 is 1.08 bits per heavy atom. The lowest BCUT2D eigenvalue weighted by atomic mass is 10.1. The number of ether oxygens (including phenoxy) is 1. The van der Waals surface area contributed by atoms with E-state index in [1.165, 1.54) is 0 Å². The lowest BCUT2D eigenvalue weighted by Crippen LogP contribution is -2.41. The first-order valence-electron chi connectivity index (χ1n) is 7.23. The molecule has 1 fully saturated rings. The molecule has 0 amide bonds. The van der Waals surface area contributed by atoms with Crippen molar-refractivity contribution in [3.8, 4) is 5.75 Å². The summed E-state index contributed by atoms with van der Waals surface area (Å²) in [7, 11) is 0. The molecular formula is C14H19Cl2F4N5O. The van der Waals surface area contributed by atoms with Gasteiger partial charge in [-0.15, -0.1) is 38.0 Å². The van der Waals surface area contributed by atoms with Crippen LogP contribution in [0.5, 0.6) is 5.75 Å². The monoisotopic (exact) mass is 419 g/mol. The number of halogens is 6. The lowest BCUT2D eigenvalue weighted by Gasteiger charge is -2.27. The predicted octanol–water partition coefficient (Wildman–Crippen LogP) is 3.31. The van der Waals surface area contributed by atoms with Crippen molar-refractivity contribution in [2.24, 2.45) is 21.5 Å². The number of alkyl halides is 3. The number of nitrogens with two attached hydrogens (primary N) is 2. The minimum absolute atomic E-state index is 0. The Balaban J connectivity index is 0.00000312. The number of piperidine rings is 1. The summed E-state index contributed by atoms with van der Waals surface area (Å²) < 4.78 is 53.3. The van der Waals surface area contributed by atoms with E-state index in [0.29, 0.717) is 0 Å². The van der Waals surface area contributed by atoms with Crippen molar-refractivity contribution in [3.05, 3.63) is 24.0 Å². The molecule has 26 heavy (non-hydrogen) atoms. The zero-order chi connectivity index (χ0) is 17.7.